The zero-order valence-corrected chi connectivity index (χ0v) is 9.97. The van der Waals surface area contributed by atoms with Crippen molar-refractivity contribution < 1.29 is 8.42 Å². The quantitative estimate of drug-likeness (QED) is 0.746. The molecule has 0 aromatic carbocycles. The second-order valence-electron chi connectivity index (χ2n) is 4.25. The van der Waals surface area contributed by atoms with Crippen molar-refractivity contribution in [3.8, 4) is 0 Å². The number of likely N-dealkylation sites (tertiary alicyclic amines) is 1. The van der Waals surface area contributed by atoms with Gasteiger partial charge in [-0.15, -0.1) is 0 Å². The Labute approximate surface area is 86.7 Å². The maximum Gasteiger partial charge on any atom is 0.208 e. The van der Waals surface area contributed by atoms with E-state index in [0.717, 1.165) is 13.0 Å². The van der Waals surface area contributed by atoms with Crippen LogP contribution in [-0.4, -0.2) is 44.7 Å². The molecule has 1 N–H and O–H groups in total. The summed E-state index contributed by atoms with van der Waals surface area (Å²) in [7, 11) is -3.04. The van der Waals surface area contributed by atoms with E-state index in [-0.39, 0.29) is 0 Å². The maximum atomic E-state index is 10.9. The first-order valence-electron chi connectivity index (χ1n) is 5.10. The van der Waals surface area contributed by atoms with Gasteiger partial charge in [0.25, 0.3) is 0 Å². The number of nitrogens with zero attached hydrogens (tertiary/aromatic N) is 1. The highest BCUT2D eigenvalue weighted by Gasteiger charge is 2.26. The van der Waals surface area contributed by atoms with Crippen LogP contribution in [0.4, 0.5) is 0 Å². The van der Waals surface area contributed by atoms with Gasteiger partial charge in [-0.25, -0.2) is 13.1 Å². The molecule has 14 heavy (non-hydrogen) atoms. The average molecular weight is 220 g/mol. The van der Waals surface area contributed by atoms with Gasteiger partial charge in [0.1, 0.15) is 0 Å². The summed E-state index contributed by atoms with van der Waals surface area (Å²) in [5.74, 6) is 0. The molecule has 1 rings (SSSR count). The molecule has 1 aliphatic rings. The molecular weight excluding hydrogens is 200 g/mol. The van der Waals surface area contributed by atoms with Crippen molar-refractivity contribution in [2.45, 2.75) is 38.8 Å². The van der Waals surface area contributed by atoms with E-state index >= 15 is 0 Å². The molecule has 5 heteroatoms. The van der Waals surface area contributed by atoms with Gasteiger partial charge in [-0.05, 0) is 33.2 Å². The Balaban J connectivity index is 2.44. The van der Waals surface area contributed by atoms with Gasteiger partial charge in [0.15, 0.2) is 0 Å². The van der Waals surface area contributed by atoms with Gasteiger partial charge in [-0.3, -0.25) is 4.90 Å². The Morgan fingerprint density at radius 1 is 1.50 bits per heavy atom. The lowest BCUT2D eigenvalue weighted by atomic mass is 10.2. The lowest BCUT2D eigenvalue weighted by Gasteiger charge is -2.28. The summed E-state index contributed by atoms with van der Waals surface area (Å²) in [5.41, 5.74) is 0. The number of sulfonamides is 1. The second-order valence-corrected chi connectivity index (χ2v) is 6.08. The predicted octanol–water partition coefficient (Wildman–Crippen LogP) is 0.408. The fourth-order valence-corrected chi connectivity index (χ4v) is 2.50. The molecule has 4 nitrogen and oxygen atoms in total. The highest BCUT2D eigenvalue weighted by molar-refractivity contribution is 7.88. The topological polar surface area (TPSA) is 49.4 Å². The molecule has 0 bridgehead atoms. The van der Waals surface area contributed by atoms with E-state index in [9.17, 15) is 8.42 Å². The van der Waals surface area contributed by atoms with Crippen LogP contribution in [-0.2, 0) is 10.0 Å². The van der Waals surface area contributed by atoms with Crippen molar-refractivity contribution in [2.75, 3.05) is 19.3 Å². The normalized spacial score (nSPS) is 24.7. The first-order chi connectivity index (χ1) is 6.40. The van der Waals surface area contributed by atoms with E-state index in [1.54, 1.807) is 0 Å². The molecule has 0 aromatic heterocycles. The van der Waals surface area contributed by atoms with Crippen molar-refractivity contribution in [3.63, 3.8) is 0 Å². The van der Waals surface area contributed by atoms with Crippen LogP contribution >= 0.6 is 0 Å². The Morgan fingerprint density at radius 3 is 2.64 bits per heavy atom. The van der Waals surface area contributed by atoms with Crippen molar-refractivity contribution in [1.29, 1.82) is 0 Å². The predicted molar refractivity (Wildman–Crippen MR) is 57.7 cm³/mol. The third-order valence-corrected chi connectivity index (χ3v) is 3.36. The molecule has 0 saturated carbocycles. The second kappa shape index (κ2) is 4.59. The molecule has 0 aromatic rings. The van der Waals surface area contributed by atoms with Gasteiger partial charge in [0, 0.05) is 18.6 Å². The summed E-state index contributed by atoms with van der Waals surface area (Å²) in [6.45, 7) is 5.95. The minimum Gasteiger partial charge on any atom is -0.297 e. The number of hydrogen-bond donors (Lipinski definition) is 1. The summed E-state index contributed by atoms with van der Waals surface area (Å²) in [6.07, 6.45) is 3.48. The minimum absolute atomic E-state index is 0.379. The van der Waals surface area contributed by atoms with E-state index in [4.69, 9.17) is 0 Å². The summed E-state index contributed by atoms with van der Waals surface area (Å²) in [4.78, 5) is 2.36. The lowest BCUT2D eigenvalue weighted by molar-refractivity contribution is 0.205. The fraction of sp³-hybridized carbons (Fsp3) is 1.00. The van der Waals surface area contributed by atoms with Crippen LogP contribution in [0.5, 0.6) is 0 Å². The molecule has 0 aliphatic carbocycles. The molecule has 1 heterocycles. The molecular formula is C9H20N2O2S. The third kappa shape index (κ3) is 3.55. The first-order valence-corrected chi connectivity index (χ1v) is 6.99. The van der Waals surface area contributed by atoms with Crippen LogP contribution in [0.2, 0.25) is 0 Å². The molecule has 1 unspecified atom stereocenters. The van der Waals surface area contributed by atoms with Gasteiger partial charge in [0.05, 0.1) is 6.26 Å². The van der Waals surface area contributed by atoms with Crippen molar-refractivity contribution in [2.24, 2.45) is 0 Å². The first kappa shape index (κ1) is 11.9. The Kier molecular flexibility index (Phi) is 3.92. The van der Waals surface area contributed by atoms with Gasteiger partial charge in [-0.1, -0.05) is 0 Å². The molecule has 1 fully saturated rings. The smallest absolute Gasteiger partial charge is 0.208 e. The molecule has 0 amide bonds. The van der Waals surface area contributed by atoms with Crippen LogP contribution in [0.3, 0.4) is 0 Å². The summed E-state index contributed by atoms with van der Waals surface area (Å²) < 4.78 is 24.4. The van der Waals surface area contributed by atoms with E-state index in [1.165, 1.54) is 12.7 Å². The molecule has 0 spiro atoms. The molecule has 1 saturated heterocycles. The average Bonchev–Trinajstić information content (AvgIpc) is 2.46. The Morgan fingerprint density at radius 2 is 2.14 bits per heavy atom. The van der Waals surface area contributed by atoms with Crippen LogP contribution in [0, 0.1) is 0 Å². The number of nitrogens with one attached hydrogen (secondary N) is 1. The number of hydrogen-bond acceptors (Lipinski definition) is 3. The highest BCUT2D eigenvalue weighted by Crippen LogP contribution is 2.19. The van der Waals surface area contributed by atoms with Gasteiger partial charge < -0.3 is 0 Å². The SMILES string of the molecule is CC(C)N1CCCC1CNS(C)(=O)=O. The summed E-state index contributed by atoms with van der Waals surface area (Å²) in [5, 5.41) is 0. The zero-order valence-electron chi connectivity index (χ0n) is 9.16. The van der Waals surface area contributed by atoms with E-state index in [2.05, 4.69) is 23.5 Å². The van der Waals surface area contributed by atoms with E-state index in [0.29, 0.717) is 18.6 Å². The zero-order chi connectivity index (χ0) is 10.8. The summed E-state index contributed by atoms with van der Waals surface area (Å²) in [6, 6.07) is 0.883. The summed E-state index contributed by atoms with van der Waals surface area (Å²) >= 11 is 0. The largest absolute Gasteiger partial charge is 0.297 e. The van der Waals surface area contributed by atoms with Crippen LogP contribution in [0.1, 0.15) is 26.7 Å². The van der Waals surface area contributed by atoms with Crippen molar-refractivity contribution >= 4 is 10.0 Å². The van der Waals surface area contributed by atoms with Crippen LogP contribution in [0.25, 0.3) is 0 Å². The standard InChI is InChI=1S/C9H20N2O2S/c1-8(2)11-6-4-5-9(11)7-10-14(3,12)13/h8-10H,4-7H2,1-3H3. The van der Waals surface area contributed by atoms with Crippen LogP contribution < -0.4 is 4.72 Å². The molecule has 84 valence electrons. The highest BCUT2D eigenvalue weighted by atomic mass is 32.2. The molecule has 1 aliphatic heterocycles. The van der Waals surface area contributed by atoms with Gasteiger partial charge in [-0.2, -0.15) is 0 Å². The van der Waals surface area contributed by atoms with Crippen LogP contribution in [0.15, 0.2) is 0 Å². The van der Waals surface area contributed by atoms with Gasteiger partial charge >= 0.3 is 0 Å². The third-order valence-electron chi connectivity index (χ3n) is 2.67. The van der Waals surface area contributed by atoms with Crippen molar-refractivity contribution in [1.82, 2.24) is 9.62 Å². The van der Waals surface area contributed by atoms with E-state index < -0.39 is 10.0 Å². The Bertz CT molecular complexity index is 275. The Hall–Kier alpha value is -0.130. The molecule has 0 radical (unpaired) electrons. The maximum absolute atomic E-state index is 10.9. The lowest BCUT2D eigenvalue weighted by Crippen LogP contribution is -2.42. The van der Waals surface area contributed by atoms with E-state index in [1.807, 2.05) is 0 Å². The monoisotopic (exact) mass is 220 g/mol. The molecule has 1 atom stereocenters. The van der Waals surface area contributed by atoms with Gasteiger partial charge in [0.2, 0.25) is 10.0 Å². The van der Waals surface area contributed by atoms with Crippen molar-refractivity contribution in [3.05, 3.63) is 0 Å². The minimum atomic E-state index is -3.04. The number of rotatable bonds is 4. The fourth-order valence-electron chi connectivity index (χ4n) is 2.00.